The van der Waals surface area contributed by atoms with Crippen LogP contribution in [-0.4, -0.2) is 18.0 Å². The first-order chi connectivity index (χ1) is 12.2. The highest BCUT2D eigenvalue weighted by atomic mass is 32.1. The average Bonchev–Trinajstić information content (AvgIpc) is 3.29. The average molecular weight is 358 g/mol. The van der Waals surface area contributed by atoms with E-state index in [0.29, 0.717) is 30.5 Å². The quantitative estimate of drug-likeness (QED) is 0.539. The Balaban J connectivity index is 1.53. The van der Waals surface area contributed by atoms with E-state index >= 15 is 0 Å². The molecule has 3 rings (SSSR count). The van der Waals surface area contributed by atoms with Gasteiger partial charge in [-0.15, -0.1) is 11.3 Å². The van der Waals surface area contributed by atoms with Crippen molar-refractivity contribution in [2.45, 2.75) is 20.0 Å². The van der Waals surface area contributed by atoms with Gasteiger partial charge in [0.2, 0.25) is 5.89 Å². The molecule has 0 aliphatic carbocycles. The zero-order chi connectivity index (χ0) is 17.6. The predicted molar refractivity (Wildman–Crippen MR) is 98.0 cm³/mol. The molecule has 3 aromatic rings. The second-order valence-corrected chi connectivity index (χ2v) is 6.43. The van der Waals surface area contributed by atoms with E-state index in [0.717, 1.165) is 16.1 Å². The minimum absolute atomic E-state index is 0.196. The number of nitrogens with zero attached hydrogens (tertiary/aromatic N) is 2. The zero-order valence-corrected chi connectivity index (χ0v) is 14.9. The lowest BCUT2D eigenvalue weighted by molar-refractivity contribution is 0.573. The van der Waals surface area contributed by atoms with Crippen LogP contribution >= 0.6 is 11.3 Å². The van der Waals surface area contributed by atoms with E-state index < -0.39 is 0 Å². The number of thiophene rings is 1. The summed E-state index contributed by atoms with van der Waals surface area (Å²) >= 11 is 1.59. The van der Waals surface area contributed by atoms with Gasteiger partial charge in [-0.2, -0.15) is 0 Å². The number of halogens is 1. The summed E-state index contributed by atoms with van der Waals surface area (Å²) in [5, 5.41) is 8.37. The lowest BCUT2D eigenvalue weighted by atomic mass is 10.1. The Labute approximate surface area is 149 Å². The third-order valence-electron chi connectivity index (χ3n) is 3.63. The molecule has 0 atom stereocenters. The summed E-state index contributed by atoms with van der Waals surface area (Å²) in [5.74, 6) is 1.07. The highest BCUT2D eigenvalue weighted by Crippen LogP contribution is 2.23. The van der Waals surface area contributed by atoms with Gasteiger partial charge in [-0.25, -0.2) is 9.37 Å². The number of hydrogen-bond acceptors (Lipinski definition) is 4. The molecule has 2 aromatic heterocycles. The molecule has 0 amide bonds. The molecule has 2 heterocycles. The minimum Gasteiger partial charge on any atom is -0.443 e. The van der Waals surface area contributed by atoms with Crippen LogP contribution in [0.15, 0.2) is 51.4 Å². The van der Waals surface area contributed by atoms with Crippen molar-refractivity contribution in [1.82, 2.24) is 15.6 Å². The van der Waals surface area contributed by atoms with Crippen molar-refractivity contribution in [3.8, 4) is 10.8 Å². The SMILES string of the molecule is CN=C(NCc1ccc(F)c(C)c1)NCc1coc(-c2cccs2)n1. The second kappa shape index (κ2) is 7.94. The van der Waals surface area contributed by atoms with Gasteiger partial charge in [0.05, 0.1) is 17.1 Å². The third kappa shape index (κ3) is 4.45. The van der Waals surface area contributed by atoms with Crippen molar-refractivity contribution in [1.29, 1.82) is 0 Å². The van der Waals surface area contributed by atoms with Crippen LogP contribution in [0.25, 0.3) is 10.8 Å². The van der Waals surface area contributed by atoms with Crippen molar-refractivity contribution in [2.24, 2.45) is 4.99 Å². The highest BCUT2D eigenvalue weighted by molar-refractivity contribution is 7.13. The summed E-state index contributed by atoms with van der Waals surface area (Å²) in [6.07, 6.45) is 1.64. The van der Waals surface area contributed by atoms with Gasteiger partial charge in [0, 0.05) is 13.6 Å². The number of rotatable bonds is 5. The molecule has 0 aliphatic rings. The topological polar surface area (TPSA) is 62.5 Å². The van der Waals surface area contributed by atoms with Crippen LogP contribution in [0, 0.1) is 12.7 Å². The van der Waals surface area contributed by atoms with E-state index in [1.807, 2.05) is 23.6 Å². The maximum atomic E-state index is 13.3. The summed E-state index contributed by atoms with van der Waals surface area (Å²) in [4.78, 5) is 9.63. The molecule has 5 nitrogen and oxygen atoms in total. The Bertz CT molecular complexity index is 858. The highest BCUT2D eigenvalue weighted by Gasteiger charge is 2.08. The monoisotopic (exact) mass is 358 g/mol. The number of aryl methyl sites for hydroxylation is 1. The van der Waals surface area contributed by atoms with Crippen LogP contribution in [0.4, 0.5) is 4.39 Å². The summed E-state index contributed by atoms with van der Waals surface area (Å²) in [5.41, 5.74) is 2.41. The number of nitrogens with one attached hydrogen (secondary N) is 2. The Morgan fingerprint density at radius 2 is 2.12 bits per heavy atom. The van der Waals surface area contributed by atoms with Crippen LogP contribution < -0.4 is 10.6 Å². The Morgan fingerprint density at radius 3 is 2.84 bits per heavy atom. The van der Waals surface area contributed by atoms with E-state index in [4.69, 9.17) is 4.42 Å². The first kappa shape index (κ1) is 17.2. The van der Waals surface area contributed by atoms with E-state index in [9.17, 15) is 4.39 Å². The minimum atomic E-state index is -0.196. The van der Waals surface area contributed by atoms with Gasteiger partial charge < -0.3 is 15.1 Å². The van der Waals surface area contributed by atoms with Gasteiger partial charge >= 0.3 is 0 Å². The molecular weight excluding hydrogens is 339 g/mol. The number of oxazole rings is 1. The molecule has 25 heavy (non-hydrogen) atoms. The first-order valence-electron chi connectivity index (χ1n) is 7.83. The molecule has 130 valence electrons. The number of aliphatic imine (C=N–C) groups is 1. The van der Waals surface area contributed by atoms with Gasteiger partial charge in [0.15, 0.2) is 5.96 Å². The van der Waals surface area contributed by atoms with E-state index in [-0.39, 0.29) is 5.82 Å². The van der Waals surface area contributed by atoms with E-state index in [1.54, 1.807) is 37.6 Å². The second-order valence-electron chi connectivity index (χ2n) is 5.48. The van der Waals surface area contributed by atoms with Crippen LogP contribution in [0.2, 0.25) is 0 Å². The Morgan fingerprint density at radius 1 is 1.28 bits per heavy atom. The number of hydrogen-bond donors (Lipinski definition) is 2. The fourth-order valence-corrected chi connectivity index (χ4v) is 2.95. The molecule has 2 N–H and O–H groups in total. The van der Waals surface area contributed by atoms with Crippen LogP contribution in [0.1, 0.15) is 16.8 Å². The predicted octanol–water partition coefficient (Wildman–Crippen LogP) is 3.72. The van der Waals surface area contributed by atoms with Crippen molar-refractivity contribution in [3.05, 3.63) is 64.6 Å². The van der Waals surface area contributed by atoms with Crippen LogP contribution in [0.5, 0.6) is 0 Å². The lowest BCUT2D eigenvalue weighted by Crippen LogP contribution is -2.36. The molecular formula is C18H19FN4OS. The van der Waals surface area contributed by atoms with E-state index in [1.165, 1.54) is 6.07 Å². The Kier molecular flexibility index (Phi) is 5.45. The fourth-order valence-electron chi connectivity index (χ4n) is 2.30. The van der Waals surface area contributed by atoms with E-state index in [2.05, 4.69) is 20.6 Å². The molecule has 1 aromatic carbocycles. The number of aromatic nitrogens is 1. The van der Waals surface area contributed by atoms with Crippen LogP contribution in [-0.2, 0) is 13.1 Å². The standard InChI is InChI=1S/C18H19FN4OS/c1-12-8-13(5-6-15(12)19)9-21-18(20-2)22-10-14-11-24-17(23-14)16-4-3-7-25-16/h3-8,11H,9-10H2,1-2H3,(H2,20,21,22). The lowest BCUT2D eigenvalue weighted by Gasteiger charge is -2.11. The van der Waals surface area contributed by atoms with Crippen LogP contribution in [0.3, 0.4) is 0 Å². The third-order valence-corrected chi connectivity index (χ3v) is 4.48. The van der Waals surface area contributed by atoms with Crippen molar-refractivity contribution in [3.63, 3.8) is 0 Å². The van der Waals surface area contributed by atoms with Crippen molar-refractivity contribution < 1.29 is 8.81 Å². The van der Waals surface area contributed by atoms with Crippen molar-refractivity contribution >= 4 is 17.3 Å². The summed E-state index contributed by atoms with van der Waals surface area (Å²) in [6, 6.07) is 8.99. The molecule has 0 unspecified atom stereocenters. The normalized spacial score (nSPS) is 11.6. The molecule has 0 radical (unpaired) electrons. The molecule has 0 saturated heterocycles. The molecule has 7 heteroatoms. The van der Waals surface area contributed by atoms with Gasteiger partial charge in [-0.05, 0) is 35.6 Å². The number of guanidine groups is 1. The molecule has 0 spiro atoms. The summed E-state index contributed by atoms with van der Waals surface area (Å²) in [7, 11) is 1.70. The zero-order valence-electron chi connectivity index (χ0n) is 14.0. The fraction of sp³-hybridized carbons (Fsp3) is 0.222. The summed E-state index contributed by atoms with van der Waals surface area (Å²) < 4.78 is 18.8. The van der Waals surface area contributed by atoms with Gasteiger partial charge in [0.25, 0.3) is 0 Å². The van der Waals surface area contributed by atoms with Gasteiger partial charge in [0.1, 0.15) is 12.1 Å². The van der Waals surface area contributed by atoms with Gasteiger partial charge in [-0.3, -0.25) is 4.99 Å². The summed E-state index contributed by atoms with van der Waals surface area (Å²) in [6.45, 7) is 2.80. The smallest absolute Gasteiger partial charge is 0.236 e. The molecule has 0 aliphatic heterocycles. The largest absolute Gasteiger partial charge is 0.443 e. The first-order valence-corrected chi connectivity index (χ1v) is 8.71. The Hall–Kier alpha value is -2.67. The maximum absolute atomic E-state index is 13.3. The number of benzene rings is 1. The van der Waals surface area contributed by atoms with Crippen molar-refractivity contribution in [2.75, 3.05) is 7.05 Å². The maximum Gasteiger partial charge on any atom is 0.236 e. The van der Waals surface area contributed by atoms with Gasteiger partial charge in [-0.1, -0.05) is 18.2 Å². The molecule has 0 saturated carbocycles. The molecule has 0 fully saturated rings. The molecule has 0 bridgehead atoms.